The molecule has 768 valence electrons. The molecule has 0 bridgehead atoms. The molecule has 0 radical (unpaired) electrons. The van der Waals surface area contributed by atoms with Crippen LogP contribution >= 0.6 is 0 Å². The fraction of sp³-hybridized carbons (Fsp3) is 0.475. The SMILES string of the molecule is CC[C@@]1(O)C(=O)CCc2c1cc1n(c2=O)Cc2c-1cc1cc(F)c(C)c3c1c2[C@@H](NC(=O)COC(C)(C)C)CC3.CC[C@@]1(O)C(=O)CCc2c1cc1n(c2=O)Cc2cc3c(CN(C)C)c(OC(C)(C)C)ccc3nc2-1.CC[C@@]1(OC(C)(C)C)C(=O)CCc2c1cc1n(c2=O)Cc2c-1nc1ccccc1c2CC[Si](C)(C)C.CC[C@@]1(OC(C)(C)C)C(=O)CCc2c1cc1n(c2=O)Cc2cc3c(CN(C)C)c(O)ccc3nc2-1. The van der Waals surface area contributed by atoms with Crippen molar-refractivity contribution in [2.75, 3.05) is 34.8 Å². The predicted molar refractivity (Wildman–Crippen MR) is 570 cm³/mol. The second-order valence-electron chi connectivity index (χ2n) is 47.0. The molecule has 0 saturated heterocycles. The molecule has 0 unspecified atom stereocenters. The van der Waals surface area contributed by atoms with Gasteiger partial charge in [-0.2, -0.15) is 0 Å². The number of aryl methyl sites for hydroxylation is 2. The summed E-state index contributed by atoms with van der Waals surface area (Å²) >= 11 is 0. The first kappa shape index (κ1) is 104. The van der Waals surface area contributed by atoms with Crippen molar-refractivity contribution >= 4 is 80.6 Å². The number of phenols is 1. The molecule has 4 N–H and O–H groups in total. The first-order valence-corrected chi connectivity index (χ1v) is 55.5. The van der Waals surface area contributed by atoms with Crippen LogP contribution in [-0.4, -0.2) is 153 Å². The monoisotopic (exact) mass is 2000 g/mol. The van der Waals surface area contributed by atoms with Crippen LogP contribution in [-0.2, 0) is 138 Å². The Morgan fingerprint density at radius 3 is 1.42 bits per heavy atom. The molecular weight excluding hydrogens is 1860 g/mol. The van der Waals surface area contributed by atoms with Gasteiger partial charge in [-0.3, -0.25) is 43.2 Å². The zero-order valence-electron chi connectivity index (χ0n) is 89.1. The number of carbonyl (C=O) groups excluding carboxylic acids is 5. The predicted octanol–water partition coefficient (Wildman–Crippen LogP) is 18.7. The smallest absolute Gasteiger partial charge is 0.254 e. The van der Waals surface area contributed by atoms with Gasteiger partial charge < -0.3 is 67.7 Å². The summed E-state index contributed by atoms with van der Waals surface area (Å²) in [6.45, 7) is 42.8. The average Bonchev–Trinajstić information content (AvgIpc) is 1.52. The number of Topliss-reactive ketones (excluding diaryl/α,β-unsaturated/α-hetero) is 4. The largest absolute Gasteiger partial charge is 0.508 e. The van der Waals surface area contributed by atoms with E-state index in [-0.39, 0.29) is 107 Å². The molecule has 0 spiro atoms. The lowest BCUT2D eigenvalue weighted by Gasteiger charge is -2.41. The summed E-state index contributed by atoms with van der Waals surface area (Å²) in [7, 11) is 6.70. The topological polar surface area (TPSA) is 328 Å². The van der Waals surface area contributed by atoms with Crippen molar-refractivity contribution in [1.29, 1.82) is 0 Å². The first-order valence-electron chi connectivity index (χ1n) is 51.8. The Balaban J connectivity index is 0.000000128. The van der Waals surface area contributed by atoms with Crippen molar-refractivity contribution in [1.82, 2.24) is 48.3 Å². The Kier molecular flexibility index (Phi) is 26.8. The molecule has 28 heteroatoms. The van der Waals surface area contributed by atoms with Crippen LogP contribution in [0.15, 0.2) is 116 Å². The van der Waals surface area contributed by atoms with Crippen LogP contribution in [0.5, 0.6) is 11.5 Å². The third-order valence-corrected chi connectivity index (χ3v) is 32.4. The third-order valence-electron chi connectivity index (χ3n) is 30.7. The van der Waals surface area contributed by atoms with Gasteiger partial charge in [-0.25, -0.2) is 19.3 Å². The maximum absolute atomic E-state index is 15.1. The molecule has 26 nitrogen and oxygen atoms in total. The van der Waals surface area contributed by atoms with E-state index in [1.807, 2.05) is 183 Å². The number of phenolic OH excluding ortho intramolecular Hbond substituents is 1. The Hall–Kier alpha value is -12.0. The van der Waals surface area contributed by atoms with Gasteiger partial charge in [0.2, 0.25) is 5.91 Å². The normalized spacial score (nSPS) is 19.8. The molecule has 9 aliphatic rings. The number of nitrogens with zero attached hydrogens (tertiary/aromatic N) is 9. The van der Waals surface area contributed by atoms with Gasteiger partial charge >= 0.3 is 0 Å². The highest BCUT2D eigenvalue weighted by Gasteiger charge is 2.52. The van der Waals surface area contributed by atoms with E-state index in [0.29, 0.717) is 159 Å². The maximum Gasteiger partial charge on any atom is 0.254 e. The quantitative estimate of drug-likeness (QED) is 0.0615. The Bertz CT molecular complexity index is 7800. The van der Waals surface area contributed by atoms with Crippen molar-refractivity contribution in [3.63, 3.8) is 0 Å². The minimum atomic E-state index is -1.70. The molecule has 5 atom stereocenters. The number of halogens is 1. The number of hydrogen-bond donors (Lipinski definition) is 4. The summed E-state index contributed by atoms with van der Waals surface area (Å²) in [5, 5.41) is 40.9. The van der Waals surface area contributed by atoms with Crippen LogP contribution in [0, 0.1) is 12.7 Å². The van der Waals surface area contributed by atoms with Gasteiger partial charge in [-0.15, -0.1) is 0 Å². The van der Waals surface area contributed by atoms with E-state index in [1.165, 1.54) is 23.1 Å². The summed E-state index contributed by atoms with van der Waals surface area (Å²) in [5.41, 5.74) is 15.0. The van der Waals surface area contributed by atoms with E-state index >= 15 is 4.39 Å². The first-order chi connectivity index (χ1) is 68.6. The van der Waals surface area contributed by atoms with E-state index in [9.17, 15) is 58.5 Å². The molecule has 7 aromatic heterocycles. The van der Waals surface area contributed by atoms with E-state index < -0.39 is 47.3 Å². The molecule has 146 heavy (non-hydrogen) atoms. The number of ether oxygens (including phenoxy) is 4. The molecule has 5 aromatic carbocycles. The third kappa shape index (κ3) is 18.4. The minimum absolute atomic E-state index is 0.00327. The number of aromatic nitrogens is 7. The van der Waals surface area contributed by atoms with Crippen molar-refractivity contribution < 1.29 is 62.6 Å². The minimum Gasteiger partial charge on any atom is -0.508 e. The molecular formula is C118H139FN10O16Si. The van der Waals surface area contributed by atoms with Gasteiger partial charge in [0.15, 0.2) is 34.3 Å². The summed E-state index contributed by atoms with van der Waals surface area (Å²) in [6, 6.07) is 31.8. The molecule has 12 aromatic rings. The molecule has 0 saturated carbocycles. The fourth-order valence-corrected chi connectivity index (χ4v) is 24.8. The highest BCUT2D eigenvalue weighted by Crippen LogP contribution is 2.52. The average molecular weight is 2000 g/mol. The number of aliphatic hydroxyl groups is 2. The molecule has 0 fully saturated rings. The number of pyridine rings is 7. The number of amides is 1. The van der Waals surface area contributed by atoms with Crippen LogP contribution < -0.4 is 32.3 Å². The van der Waals surface area contributed by atoms with E-state index in [1.54, 1.807) is 46.6 Å². The second-order valence-corrected chi connectivity index (χ2v) is 52.6. The summed E-state index contributed by atoms with van der Waals surface area (Å²) in [6.07, 6.45) is 6.08. The van der Waals surface area contributed by atoms with Crippen LogP contribution in [0.4, 0.5) is 4.39 Å². The molecule has 21 rings (SSSR count). The second kappa shape index (κ2) is 37.7. The Morgan fingerprint density at radius 2 is 0.925 bits per heavy atom. The number of carbonyl (C=O) groups is 5. The number of rotatable bonds is 17. The lowest BCUT2D eigenvalue weighted by molar-refractivity contribution is -0.171. The number of benzene rings is 5. The van der Waals surface area contributed by atoms with Crippen LogP contribution in [0.3, 0.4) is 0 Å². The lowest BCUT2D eigenvalue weighted by Crippen LogP contribution is -2.48. The van der Waals surface area contributed by atoms with Gasteiger partial charge in [-0.1, -0.05) is 71.6 Å². The van der Waals surface area contributed by atoms with Crippen LogP contribution in [0.1, 0.15) is 275 Å². The van der Waals surface area contributed by atoms with Crippen LogP contribution in [0.25, 0.3) is 88.9 Å². The van der Waals surface area contributed by atoms with Gasteiger partial charge in [0, 0.05) is 141 Å². The van der Waals surface area contributed by atoms with Crippen molar-refractivity contribution in [2.45, 2.75) is 330 Å². The number of para-hydroxylation sites is 1. The standard InChI is InChI=1S/C32H35FN2O5.C30H38N2O3Si.2C28H33N3O4/c1-6-32(39)22-13-25-20-11-17-12-23(33)16(2)18-7-9-24(34-27(37)15-40-31(3,4)5)29(28(17)18)21(20)14-35(25)30(38)19(22)8-10-26(32)36;1-8-30(35-29(2,3)4)23-17-25-27-22(18-32(25)28(34)21(23)13-14-26(30)33)19(15-16-36(5,6)7)20-11-9-10-12-24(20)31-27;1-7-28(34)20-13-22-25-16(14-31(22)26(33)17(20)8-11-24(28)32)12-18-19(15-30(5)6)23(35-27(2,3)4)10-9-21(18)29-25;1-7-28(35-27(2,3)4)20-13-22-25-16(14-31(22)26(34)17(20)8-11-24(28)33)12-18-19(15-30(5)6)23(32)10-9-21(18)29-25/h11-13,24,39H,6-10,14-15H2,1-5H3,(H,34,37);9-12,17H,8,13-16,18H2,1-7H3;9-10,12-13,34H,7-8,11,14-15H2,1-6H3;9-10,12-13,32H,7-8,11,14-15H2,1-6H3/t24-,32-;30-;2*28-/m0000/s1. The number of hydrogen-bond acceptors (Lipinski definition) is 21. The summed E-state index contributed by atoms with van der Waals surface area (Å²) in [5.74, 6) is 0.139. The van der Waals surface area contributed by atoms with E-state index in [4.69, 9.17) is 33.9 Å². The highest BCUT2D eigenvalue weighted by atomic mass is 28.3. The zero-order chi connectivity index (χ0) is 105. The van der Waals surface area contributed by atoms with Crippen molar-refractivity contribution in [2.24, 2.45) is 0 Å². The van der Waals surface area contributed by atoms with E-state index in [0.717, 1.165) is 135 Å². The number of nitrogens with one attached hydrogen (secondary N) is 1. The number of fused-ring (bicyclic) bond motifs is 20. The van der Waals surface area contributed by atoms with Crippen molar-refractivity contribution in [3.8, 4) is 56.9 Å². The lowest BCUT2D eigenvalue weighted by atomic mass is 9.76. The zero-order valence-corrected chi connectivity index (χ0v) is 90.1. The van der Waals surface area contributed by atoms with Crippen LogP contribution in [0.2, 0.25) is 25.7 Å². The summed E-state index contributed by atoms with van der Waals surface area (Å²) in [4.78, 5) is 139. The molecule has 11 heterocycles. The highest BCUT2D eigenvalue weighted by molar-refractivity contribution is 6.76. The number of aromatic hydroxyl groups is 1. The Labute approximate surface area is 852 Å². The summed E-state index contributed by atoms with van der Waals surface area (Å²) < 4.78 is 47.1. The van der Waals surface area contributed by atoms with Gasteiger partial charge in [0.1, 0.15) is 40.7 Å². The maximum atomic E-state index is 15.1. The van der Waals surface area contributed by atoms with Crippen molar-refractivity contribution in [3.05, 3.63) is 244 Å². The number of ketones is 4. The van der Waals surface area contributed by atoms with Gasteiger partial charge in [0.05, 0.1) is 105 Å². The van der Waals surface area contributed by atoms with E-state index in [2.05, 4.69) is 60.2 Å². The fourth-order valence-electron chi connectivity index (χ4n) is 23.8. The molecule has 4 aliphatic heterocycles. The Morgan fingerprint density at radius 1 is 0.479 bits per heavy atom. The molecule has 1 amide bonds. The molecule has 5 aliphatic carbocycles. The van der Waals surface area contributed by atoms with Gasteiger partial charge in [0.25, 0.3) is 22.2 Å². The van der Waals surface area contributed by atoms with Gasteiger partial charge in [-0.05, 0) is 306 Å².